The van der Waals surface area contributed by atoms with Crippen molar-refractivity contribution in [2.45, 2.75) is 18.9 Å². The van der Waals surface area contributed by atoms with E-state index in [4.69, 9.17) is 11.6 Å². The number of nitrogens with zero attached hydrogens (tertiary/aromatic N) is 4. The van der Waals surface area contributed by atoms with Crippen molar-refractivity contribution in [3.05, 3.63) is 34.0 Å². The molecule has 0 saturated carbocycles. The Morgan fingerprint density at radius 2 is 2.25 bits per heavy atom. The summed E-state index contributed by atoms with van der Waals surface area (Å²) in [6.45, 7) is 0.752. The van der Waals surface area contributed by atoms with E-state index < -0.39 is 6.09 Å². The Morgan fingerprint density at radius 3 is 3.04 bits per heavy atom. The number of imidazole rings is 1. The Bertz CT molecular complexity index is 1010. The number of rotatable bonds is 1. The molecule has 0 unspecified atom stereocenters. The molecule has 1 saturated heterocycles. The van der Waals surface area contributed by atoms with Crippen molar-refractivity contribution in [2.75, 3.05) is 13.1 Å². The van der Waals surface area contributed by atoms with E-state index in [1.165, 1.54) is 4.90 Å². The normalized spacial score (nSPS) is 18.4. The number of likely N-dealkylation sites (tertiary alicyclic amines) is 1. The summed E-state index contributed by atoms with van der Waals surface area (Å²) in [4.78, 5) is 36.5. The molecule has 0 radical (unpaired) electrons. The third kappa shape index (κ3) is 2.30. The molecule has 24 heavy (non-hydrogen) atoms. The Hall–Kier alpha value is -2.61. The van der Waals surface area contributed by atoms with E-state index in [1.54, 1.807) is 22.9 Å². The highest BCUT2D eigenvalue weighted by atomic mass is 35.5. The van der Waals surface area contributed by atoms with Crippen LogP contribution in [0.4, 0.5) is 4.79 Å². The van der Waals surface area contributed by atoms with Gasteiger partial charge in [0.25, 0.3) is 0 Å². The van der Waals surface area contributed by atoms with Crippen LogP contribution in [0.25, 0.3) is 22.1 Å². The van der Waals surface area contributed by atoms with E-state index in [9.17, 15) is 14.7 Å². The second-order valence-electron chi connectivity index (χ2n) is 5.85. The highest BCUT2D eigenvalue weighted by Gasteiger charge is 2.27. The van der Waals surface area contributed by atoms with Crippen LogP contribution in [0.1, 0.15) is 18.9 Å². The van der Waals surface area contributed by atoms with Crippen LogP contribution < -0.4 is 5.69 Å². The van der Waals surface area contributed by atoms with Gasteiger partial charge >= 0.3 is 11.8 Å². The van der Waals surface area contributed by atoms with Crippen LogP contribution in [-0.4, -0.2) is 48.7 Å². The lowest BCUT2D eigenvalue weighted by atomic mass is 10.1. The van der Waals surface area contributed by atoms with Gasteiger partial charge in [-0.3, -0.25) is 9.55 Å². The van der Waals surface area contributed by atoms with Gasteiger partial charge in [0.15, 0.2) is 0 Å². The fraction of sp³-hybridized carbons (Fsp3) is 0.333. The Balaban J connectivity index is 1.94. The predicted molar refractivity (Wildman–Crippen MR) is 88.5 cm³/mol. The first-order valence-electron chi connectivity index (χ1n) is 7.58. The molecule has 0 aromatic carbocycles. The maximum atomic E-state index is 12.5. The van der Waals surface area contributed by atoms with Gasteiger partial charge in [-0.05, 0) is 25.0 Å². The minimum atomic E-state index is -0.972. The number of hydrogen-bond donors (Lipinski definition) is 2. The molecule has 1 aliphatic rings. The average Bonchev–Trinajstić information content (AvgIpc) is 2.91. The molecule has 8 nitrogen and oxygen atoms in total. The number of pyridine rings is 2. The van der Waals surface area contributed by atoms with E-state index in [-0.39, 0.29) is 18.3 Å². The van der Waals surface area contributed by atoms with Crippen molar-refractivity contribution >= 4 is 39.8 Å². The maximum absolute atomic E-state index is 12.5. The number of aromatic amines is 1. The zero-order chi connectivity index (χ0) is 16.8. The molecule has 4 heterocycles. The van der Waals surface area contributed by atoms with E-state index in [0.29, 0.717) is 40.2 Å². The summed E-state index contributed by atoms with van der Waals surface area (Å²) in [5, 5.41) is 9.55. The number of fused-ring (bicyclic) bond motifs is 3. The van der Waals surface area contributed by atoms with Crippen molar-refractivity contribution in [2.24, 2.45) is 0 Å². The number of amides is 1. The summed E-state index contributed by atoms with van der Waals surface area (Å²) < 4.78 is 1.60. The molecule has 124 valence electrons. The Labute approximate surface area is 140 Å². The highest BCUT2D eigenvalue weighted by Crippen LogP contribution is 2.27. The number of halogens is 1. The van der Waals surface area contributed by atoms with Crippen molar-refractivity contribution in [3.8, 4) is 0 Å². The molecule has 0 spiro atoms. The van der Waals surface area contributed by atoms with Crippen molar-refractivity contribution in [1.82, 2.24) is 24.4 Å². The van der Waals surface area contributed by atoms with Crippen LogP contribution in [0.3, 0.4) is 0 Å². The summed E-state index contributed by atoms with van der Waals surface area (Å²) >= 11 is 6.01. The van der Waals surface area contributed by atoms with Gasteiger partial charge in [-0.2, -0.15) is 0 Å². The van der Waals surface area contributed by atoms with E-state index in [2.05, 4.69) is 15.0 Å². The summed E-state index contributed by atoms with van der Waals surface area (Å²) in [6, 6.07) is 3.14. The molecule has 9 heteroatoms. The molecular formula is C15H14ClN5O3. The van der Waals surface area contributed by atoms with Gasteiger partial charge in [0, 0.05) is 13.1 Å². The SMILES string of the molecule is O=C(O)N1CCC[C@@H](n2c(=O)[nH]c3cnc4ccc(Cl)nc4c32)C1. The first kappa shape index (κ1) is 14.9. The number of carboxylic acid groups (broad SMARTS) is 1. The van der Waals surface area contributed by atoms with Gasteiger partial charge < -0.3 is 15.0 Å². The number of aromatic nitrogens is 4. The smallest absolute Gasteiger partial charge is 0.407 e. The Kier molecular flexibility index (Phi) is 3.42. The van der Waals surface area contributed by atoms with Gasteiger partial charge in [0.1, 0.15) is 10.7 Å². The lowest BCUT2D eigenvalue weighted by Gasteiger charge is -2.31. The third-order valence-electron chi connectivity index (χ3n) is 4.39. The van der Waals surface area contributed by atoms with Crippen LogP contribution in [0.15, 0.2) is 23.1 Å². The maximum Gasteiger partial charge on any atom is 0.407 e. The molecule has 4 rings (SSSR count). The third-order valence-corrected chi connectivity index (χ3v) is 4.60. The van der Waals surface area contributed by atoms with Crippen LogP contribution in [-0.2, 0) is 0 Å². The number of piperidine rings is 1. The molecule has 1 atom stereocenters. The van der Waals surface area contributed by atoms with Crippen molar-refractivity contribution < 1.29 is 9.90 Å². The first-order chi connectivity index (χ1) is 11.5. The Morgan fingerprint density at radius 1 is 1.42 bits per heavy atom. The molecule has 3 aromatic rings. The van der Waals surface area contributed by atoms with Gasteiger partial charge in [-0.1, -0.05) is 11.6 Å². The lowest BCUT2D eigenvalue weighted by Crippen LogP contribution is -2.41. The van der Waals surface area contributed by atoms with E-state index >= 15 is 0 Å². The highest BCUT2D eigenvalue weighted by molar-refractivity contribution is 6.30. The van der Waals surface area contributed by atoms with Gasteiger partial charge in [-0.25, -0.2) is 14.6 Å². The molecule has 1 amide bonds. The van der Waals surface area contributed by atoms with Crippen molar-refractivity contribution in [1.29, 1.82) is 0 Å². The number of carbonyl (C=O) groups is 1. The van der Waals surface area contributed by atoms with Crippen LogP contribution >= 0.6 is 11.6 Å². The molecule has 0 bridgehead atoms. The largest absolute Gasteiger partial charge is 0.465 e. The van der Waals surface area contributed by atoms with E-state index in [1.807, 2.05) is 0 Å². The molecular weight excluding hydrogens is 334 g/mol. The summed E-state index contributed by atoms with van der Waals surface area (Å²) in [5.41, 5.74) is 2.05. The standard InChI is InChI=1S/C15H14ClN5O3/c16-11-4-3-9-12(19-11)13-10(6-17-9)18-14(22)21(13)8-2-1-5-20(7-8)15(23)24/h3-4,6,8H,1-2,5,7H2,(H,18,22)(H,23,24)/t8-/m1/s1. The fourth-order valence-corrected chi connectivity index (χ4v) is 3.48. The monoisotopic (exact) mass is 347 g/mol. The summed E-state index contributed by atoms with van der Waals surface area (Å²) in [6.07, 6.45) is 2.04. The number of H-pyrrole nitrogens is 1. The lowest BCUT2D eigenvalue weighted by molar-refractivity contribution is 0.122. The summed E-state index contributed by atoms with van der Waals surface area (Å²) in [7, 11) is 0. The van der Waals surface area contributed by atoms with Gasteiger partial charge in [0.05, 0.1) is 28.8 Å². The van der Waals surface area contributed by atoms with Crippen LogP contribution in [0, 0.1) is 0 Å². The average molecular weight is 348 g/mol. The minimum absolute atomic E-state index is 0.248. The summed E-state index contributed by atoms with van der Waals surface area (Å²) in [5.74, 6) is 0. The number of nitrogens with one attached hydrogen (secondary N) is 1. The fourth-order valence-electron chi connectivity index (χ4n) is 3.33. The molecule has 3 aromatic heterocycles. The second kappa shape index (κ2) is 5.48. The first-order valence-corrected chi connectivity index (χ1v) is 7.96. The van der Waals surface area contributed by atoms with E-state index in [0.717, 1.165) is 6.42 Å². The topological polar surface area (TPSA) is 104 Å². The zero-order valence-corrected chi connectivity index (χ0v) is 13.3. The second-order valence-corrected chi connectivity index (χ2v) is 6.23. The van der Waals surface area contributed by atoms with Crippen LogP contribution in [0.5, 0.6) is 0 Å². The van der Waals surface area contributed by atoms with Gasteiger partial charge in [-0.15, -0.1) is 0 Å². The molecule has 0 aliphatic carbocycles. The minimum Gasteiger partial charge on any atom is -0.465 e. The molecule has 1 fully saturated rings. The van der Waals surface area contributed by atoms with Crippen LogP contribution in [0.2, 0.25) is 5.15 Å². The van der Waals surface area contributed by atoms with Gasteiger partial charge in [0.2, 0.25) is 0 Å². The van der Waals surface area contributed by atoms with Crippen molar-refractivity contribution in [3.63, 3.8) is 0 Å². The zero-order valence-electron chi connectivity index (χ0n) is 12.6. The predicted octanol–water partition coefficient (Wildman–Crippen LogP) is 2.24. The molecule has 1 aliphatic heterocycles. The number of hydrogen-bond acceptors (Lipinski definition) is 4. The quantitative estimate of drug-likeness (QED) is 0.657. The molecule has 2 N–H and O–H groups in total.